The van der Waals surface area contributed by atoms with E-state index in [4.69, 9.17) is 16.3 Å². The molecular weight excluding hydrogens is 418 g/mol. The molecule has 0 fully saturated rings. The second-order valence-corrected chi connectivity index (χ2v) is 9.57. The number of hydrogen-bond acceptors (Lipinski definition) is 5. The third-order valence-corrected chi connectivity index (χ3v) is 5.65. The Kier molecular flexibility index (Phi) is 6.96. The Morgan fingerprint density at radius 3 is 2.63 bits per heavy atom. The van der Waals surface area contributed by atoms with E-state index in [1.807, 2.05) is 44.2 Å². The SMILES string of the molecule is CC(C)OC(=O)Cc1ccc(-c2cc(-c3ccnc(CC(C)(C)O)c3)cs2)c(Cl)c1. The van der Waals surface area contributed by atoms with Gasteiger partial charge in [0.05, 0.1) is 18.1 Å². The third kappa shape index (κ3) is 6.14. The molecule has 2 aromatic heterocycles. The molecule has 0 aliphatic rings. The first-order valence-electron chi connectivity index (χ1n) is 9.85. The van der Waals surface area contributed by atoms with Gasteiger partial charge < -0.3 is 9.84 Å². The zero-order valence-electron chi connectivity index (χ0n) is 17.6. The minimum Gasteiger partial charge on any atom is -0.463 e. The molecule has 0 amide bonds. The zero-order chi connectivity index (χ0) is 21.9. The van der Waals surface area contributed by atoms with Crippen molar-refractivity contribution < 1.29 is 14.6 Å². The number of halogens is 1. The molecule has 0 spiro atoms. The summed E-state index contributed by atoms with van der Waals surface area (Å²) in [5.74, 6) is -0.258. The predicted molar refractivity (Wildman–Crippen MR) is 123 cm³/mol. The first-order valence-corrected chi connectivity index (χ1v) is 11.1. The highest BCUT2D eigenvalue weighted by Crippen LogP contribution is 2.37. The number of carbonyl (C=O) groups is 1. The maximum Gasteiger partial charge on any atom is 0.310 e. The zero-order valence-corrected chi connectivity index (χ0v) is 19.2. The third-order valence-electron chi connectivity index (χ3n) is 4.38. The lowest BCUT2D eigenvalue weighted by atomic mass is 10.00. The number of carbonyl (C=O) groups excluding carboxylic acids is 1. The van der Waals surface area contributed by atoms with Crippen LogP contribution in [0.3, 0.4) is 0 Å². The average Bonchev–Trinajstić information content (AvgIpc) is 3.09. The summed E-state index contributed by atoms with van der Waals surface area (Å²) in [4.78, 5) is 17.3. The van der Waals surface area contributed by atoms with Crippen LogP contribution in [0.2, 0.25) is 5.02 Å². The van der Waals surface area contributed by atoms with E-state index in [9.17, 15) is 9.90 Å². The summed E-state index contributed by atoms with van der Waals surface area (Å²) in [6, 6.07) is 11.8. The summed E-state index contributed by atoms with van der Waals surface area (Å²) < 4.78 is 5.20. The molecule has 0 saturated carbocycles. The molecular formula is C24H26ClNO3S. The Morgan fingerprint density at radius 2 is 1.97 bits per heavy atom. The van der Waals surface area contributed by atoms with Crippen molar-refractivity contribution >= 4 is 28.9 Å². The van der Waals surface area contributed by atoms with Crippen LogP contribution in [0, 0.1) is 0 Å². The first kappa shape index (κ1) is 22.5. The van der Waals surface area contributed by atoms with Crippen molar-refractivity contribution in [2.24, 2.45) is 0 Å². The number of aromatic nitrogens is 1. The number of esters is 1. The van der Waals surface area contributed by atoms with Crippen LogP contribution in [0.25, 0.3) is 21.6 Å². The van der Waals surface area contributed by atoms with E-state index < -0.39 is 5.60 Å². The molecule has 6 heteroatoms. The fourth-order valence-corrected chi connectivity index (χ4v) is 4.49. The number of thiophene rings is 1. The van der Waals surface area contributed by atoms with E-state index in [1.165, 1.54) is 0 Å². The number of rotatable bonds is 7. The van der Waals surface area contributed by atoms with Crippen LogP contribution < -0.4 is 0 Å². The monoisotopic (exact) mass is 443 g/mol. The molecule has 0 bridgehead atoms. The lowest BCUT2D eigenvalue weighted by Gasteiger charge is -2.16. The molecule has 30 heavy (non-hydrogen) atoms. The molecule has 2 heterocycles. The van der Waals surface area contributed by atoms with E-state index in [2.05, 4.69) is 16.4 Å². The molecule has 0 aliphatic heterocycles. The number of ether oxygens (including phenoxy) is 1. The Labute approximate surface area is 186 Å². The predicted octanol–water partition coefficient (Wildman–Crippen LogP) is 5.94. The van der Waals surface area contributed by atoms with Crippen molar-refractivity contribution in [3.8, 4) is 21.6 Å². The molecule has 1 N–H and O–H groups in total. The van der Waals surface area contributed by atoms with Crippen molar-refractivity contribution in [1.82, 2.24) is 4.98 Å². The number of pyridine rings is 1. The lowest BCUT2D eigenvalue weighted by molar-refractivity contribution is -0.146. The fourth-order valence-electron chi connectivity index (χ4n) is 3.17. The van der Waals surface area contributed by atoms with Crippen molar-refractivity contribution in [3.05, 3.63) is 64.3 Å². The van der Waals surface area contributed by atoms with Crippen LogP contribution in [0.5, 0.6) is 0 Å². The van der Waals surface area contributed by atoms with Gasteiger partial charge in [-0.3, -0.25) is 9.78 Å². The fraction of sp³-hybridized carbons (Fsp3) is 0.333. The van der Waals surface area contributed by atoms with Crippen LogP contribution in [-0.4, -0.2) is 27.8 Å². The maximum atomic E-state index is 11.9. The van der Waals surface area contributed by atoms with Gasteiger partial charge >= 0.3 is 5.97 Å². The average molecular weight is 444 g/mol. The number of benzene rings is 1. The van der Waals surface area contributed by atoms with Crippen molar-refractivity contribution in [2.75, 3.05) is 0 Å². The van der Waals surface area contributed by atoms with E-state index in [0.29, 0.717) is 11.4 Å². The smallest absolute Gasteiger partial charge is 0.310 e. The van der Waals surface area contributed by atoms with Gasteiger partial charge in [0, 0.05) is 33.8 Å². The number of nitrogens with zero attached hydrogens (tertiary/aromatic N) is 1. The number of hydrogen-bond donors (Lipinski definition) is 1. The van der Waals surface area contributed by atoms with Gasteiger partial charge in [0.2, 0.25) is 0 Å². The molecule has 0 radical (unpaired) electrons. The van der Waals surface area contributed by atoms with Crippen LogP contribution in [0.4, 0.5) is 0 Å². The van der Waals surface area contributed by atoms with E-state index in [1.54, 1.807) is 31.4 Å². The minimum atomic E-state index is -0.803. The molecule has 0 aliphatic carbocycles. The summed E-state index contributed by atoms with van der Waals surface area (Å²) in [6.07, 6.45) is 2.33. The quantitative estimate of drug-likeness (QED) is 0.459. The van der Waals surface area contributed by atoms with Crippen LogP contribution in [0.1, 0.15) is 39.0 Å². The standard InChI is InChI=1S/C24H26ClNO3S/c1-15(2)29-23(27)10-16-5-6-20(21(25)9-16)22-12-18(14-30-22)17-7-8-26-19(11-17)13-24(3,4)28/h5-9,11-12,14-15,28H,10,13H2,1-4H3. The van der Waals surface area contributed by atoms with Gasteiger partial charge in [-0.05, 0) is 74.0 Å². The van der Waals surface area contributed by atoms with Crippen molar-refractivity contribution in [2.45, 2.75) is 52.2 Å². The molecule has 0 atom stereocenters. The number of aliphatic hydroxyl groups is 1. The summed E-state index contributed by atoms with van der Waals surface area (Å²) in [5, 5.41) is 12.7. The Bertz CT molecular complexity index is 1040. The Morgan fingerprint density at radius 1 is 1.20 bits per heavy atom. The van der Waals surface area contributed by atoms with Gasteiger partial charge in [0.15, 0.2) is 0 Å². The molecule has 0 saturated heterocycles. The highest BCUT2D eigenvalue weighted by molar-refractivity contribution is 7.14. The van der Waals surface area contributed by atoms with Crippen molar-refractivity contribution in [1.29, 1.82) is 0 Å². The second kappa shape index (κ2) is 9.29. The van der Waals surface area contributed by atoms with Crippen LogP contribution in [0.15, 0.2) is 48.0 Å². The van der Waals surface area contributed by atoms with Crippen molar-refractivity contribution in [3.63, 3.8) is 0 Å². The minimum absolute atomic E-state index is 0.131. The topological polar surface area (TPSA) is 59.4 Å². The van der Waals surface area contributed by atoms with Gasteiger partial charge in [-0.25, -0.2) is 0 Å². The van der Waals surface area contributed by atoms with Gasteiger partial charge in [-0.2, -0.15) is 0 Å². The van der Waals surface area contributed by atoms with Gasteiger partial charge in [-0.15, -0.1) is 11.3 Å². The normalized spacial score (nSPS) is 11.7. The highest BCUT2D eigenvalue weighted by Gasteiger charge is 2.16. The van der Waals surface area contributed by atoms with Crippen LogP contribution >= 0.6 is 22.9 Å². The van der Waals surface area contributed by atoms with E-state index in [-0.39, 0.29) is 18.5 Å². The summed E-state index contributed by atoms with van der Waals surface area (Å²) in [5.41, 5.74) is 3.94. The molecule has 158 valence electrons. The van der Waals surface area contributed by atoms with Gasteiger partial charge in [0.25, 0.3) is 0 Å². The van der Waals surface area contributed by atoms with Crippen LogP contribution in [-0.2, 0) is 22.4 Å². The highest BCUT2D eigenvalue weighted by atomic mass is 35.5. The second-order valence-electron chi connectivity index (χ2n) is 8.25. The lowest BCUT2D eigenvalue weighted by Crippen LogP contribution is -2.22. The van der Waals surface area contributed by atoms with Gasteiger partial charge in [-0.1, -0.05) is 23.7 Å². The molecule has 3 aromatic rings. The molecule has 3 rings (SSSR count). The van der Waals surface area contributed by atoms with E-state index in [0.717, 1.165) is 32.8 Å². The maximum absolute atomic E-state index is 11.9. The Balaban J connectivity index is 1.79. The molecule has 1 aromatic carbocycles. The first-order chi connectivity index (χ1) is 14.1. The van der Waals surface area contributed by atoms with E-state index >= 15 is 0 Å². The summed E-state index contributed by atoms with van der Waals surface area (Å²) >= 11 is 8.14. The Hall–Kier alpha value is -2.21. The largest absolute Gasteiger partial charge is 0.463 e. The molecule has 0 unspecified atom stereocenters. The van der Waals surface area contributed by atoms with Gasteiger partial charge in [0.1, 0.15) is 0 Å². The molecule has 4 nitrogen and oxygen atoms in total. The summed E-state index contributed by atoms with van der Waals surface area (Å²) in [6.45, 7) is 7.22. The summed E-state index contributed by atoms with van der Waals surface area (Å²) in [7, 11) is 0.